The number of benzene rings is 3. The van der Waals surface area contributed by atoms with E-state index in [1.54, 1.807) is 0 Å². The van der Waals surface area contributed by atoms with Crippen LogP contribution in [0.5, 0.6) is 0 Å². The molecule has 1 N–H and O–H groups in total. The molecule has 0 spiro atoms. The van der Waals surface area contributed by atoms with Gasteiger partial charge in [0.25, 0.3) is 0 Å². The van der Waals surface area contributed by atoms with E-state index in [-0.39, 0.29) is 7.12 Å². The van der Waals surface area contributed by atoms with E-state index in [0.717, 1.165) is 50.9 Å². The molecule has 0 bridgehead atoms. The Hall–Kier alpha value is -3.40. The maximum Gasteiger partial charge on any atom is 0.331 e. The van der Waals surface area contributed by atoms with E-state index in [9.17, 15) is 4.79 Å². The number of aliphatic imine (C=N–C) groups is 1. The molecule has 1 aromatic heterocycles. The molecule has 3 aromatic carbocycles. The van der Waals surface area contributed by atoms with Gasteiger partial charge in [0.15, 0.2) is 0 Å². The van der Waals surface area contributed by atoms with E-state index in [1.807, 2.05) is 44.4 Å². The zero-order chi connectivity index (χ0) is 24.3. The van der Waals surface area contributed by atoms with Crippen molar-refractivity contribution < 1.29 is 1.43 Å². The van der Waals surface area contributed by atoms with Gasteiger partial charge in [-0.3, -0.25) is 9.56 Å². The van der Waals surface area contributed by atoms with Crippen LogP contribution in [0.15, 0.2) is 58.3 Å². The molecule has 4 nitrogen and oxygen atoms in total. The predicted molar refractivity (Wildman–Crippen MR) is 146 cm³/mol. The van der Waals surface area contributed by atoms with Gasteiger partial charge in [-0.25, -0.2) is 4.79 Å². The highest BCUT2D eigenvalue weighted by molar-refractivity contribution is 6.25. The molecular formula is C29H37N3O. The van der Waals surface area contributed by atoms with E-state index in [1.165, 1.54) is 16.7 Å². The minimum atomic E-state index is -0.107. The summed E-state index contributed by atoms with van der Waals surface area (Å²) in [6, 6.07) is 14.7. The van der Waals surface area contributed by atoms with Crippen molar-refractivity contribution in [3.8, 4) is 5.69 Å². The number of allylic oxidation sites excluding steroid dienone is 1. The topological polar surface area (TPSA) is 50.1 Å². The number of aromatic nitrogens is 2. The molecule has 0 amide bonds. The number of fused-ring (bicyclic) bond motifs is 3. The Morgan fingerprint density at radius 3 is 2.18 bits per heavy atom. The molecule has 174 valence electrons. The first-order chi connectivity index (χ1) is 16.0. The number of nitrogens with zero attached hydrogens (tertiary/aromatic N) is 2. The Bertz CT molecular complexity index is 1420. The molecule has 4 heteroatoms. The molecular weight excluding hydrogens is 406 g/mol. The van der Waals surface area contributed by atoms with Gasteiger partial charge in [-0.1, -0.05) is 64.1 Å². The number of H-pyrrole nitrogens is 1. The molecule has 1 aliphatic heterocycles. The Labute approximate surface area is 198 Å². The van der Waals surface area contributed by atoms with Crippen LogP contribution in [0.2, 0.25) is 0 Å². The van der Waals surface area contributed by atoms with Crippen LogP contribution in [-0.2, 0) is 0 Å². The maximum absolute atomic E-state index is 13.0. The van der Waals surface area contributed by atoms with Crippen LogP contribution >= 0.6 is 0 Å². The van der Waals surface area contributed by atoms with Gasteiger partial charge >= 0.3 is 5.69 Å². The average Bonchev–Trinajstić information content (AvgIpc) is 3.39. The van der Waals surface area contributed by atoms with Crippen molar-refractivity contribution in [3.63, 3.8) is 0 Å². The Morgan fingerprint density at radius 1 is 0.909 bits per heavy atom. The number of hydrogen-bond donors (Lipinski definition) is 1. The fourth-order valence-corrected chi connectivity index (χ4v) is 4.56. The molecule has 5 rings (SSSR count). The minimum Gasteiger partial charge on any atom is -0.305 e. The lowest BCUT2D eigenvalue weighted by Crippen LogP contribution is -2.16. The number of imidazole rings is 1. The van der Waals surface area contributed by atoms with E-state index in [2.05, 4.69) is 74.1 Å². The number of rotatable bonds is 2. The molecule has 0 saturated carbocycles. The summed E-state index contributed by atoms with van der Waals surface area (Å²) in [7, 11) is 0. The van der Waals surface area contributed by atoms with Gasteiger partial charge in [-0.2, -0.15) is 0 Å². The minimum absolute atomic E-state index is 0. The number of aromatic amines is 1. The van der Waals surface area contributed by atoms with Crippen molar-refractivity contribution in [1.29, 1.82) is 0 Å². The molecule has 0 saturated heterocycles. The van der Waals surface area contributed by atoms with E-state index in [0.29, 0.717) is 0 Å². The summed E-state index contributed by atoms with van der Waals surface area (Å²) in [5.41, 5.74) is 9.46. The fraction of sp³-hybridized carbons (Fsp3) is 0.310. The summed E-state index contributed by atoms with van der Waals surface area (Å²) in [5.74, 6) is 0. The first-order valence-corrected chi connectivity index (χ1v) is 11.9. The number of aryl methyl sites for hydroxylation is 3. The fourth-order valence-electron chi connectivity index (χ4n) is 4.56. The first-order valence-electron chi connectivity index (χ1n) is 11.9. The van der Waals surface area contributed by atoms with Crippen LogP contribution in [-0.4, -0.2) is 21.8 Å². The second-order valence-corrected chi connectivity index (χ2v) is 7.90. The largest absolute Gasteiger partial charge is 0.331 e. The number of nitrogens with one attached hydrogen (secondary N) is 1. The lowest BCUT2D eigenvalue weighted by Gasteiger charge is -2.14. The van der Waals surface area contributed by atoms with Crippen molar-refractivity contribution in [2.75, 3.05) is 6.54 Å². The number of hydrogen-bond acceptors (Lipinski definition) is 2. The summed E-state index contributed by atoms with van der Waals surface area (Å²) >= 11 is 0. The second-order valence-electron chi connectivity index (χ2n) is 7.90. The summed E-state index contributed by atoms with van der Waals surface area (Å²) in [6.45, 7) is 17.0. The molecule has 33 heavy (non-hydrogen) atoms. The standard InChI is InChI=1S/C25H23N3O.2C2H6.H2/c1-14-6-5-7-15(2)23(14)28-24-21-13-20(19-10-11-26-17(19)4)16(3)12-18(21)8-9-22(24)27-25(28)29;2*1-2;/h5-10,12-13H,11H2,1-4H3,(H,27,29);2*1-2H3;1H. The molecule has 4 aromatic rings. The summed E-state index contributed by atoms with van der Waals surface area (Å²) in [5, 5.41) is 2.20. The number of para-hydroxylation sites is 1. The molecule has 0 fully saturated rings. The third-order valence-electron chi connectivity index (χ3n) is 5.97. The zero-order valence-corrected chi connectivity index (χ0v) is 21.1. The summed E-state index contributed by atoms with van der Waals surface area (Å²) < 4.78 is 1.84. The lowest BCUT2D eigenvalue weighted by molar-refractivity contribution is 0.993. The molecule has 0 unspecified atom stereocenters. The van der Waals surface area contributed by atoms with Crippen LogP contribution in [0.4, 0.5) is 0 Å². The monoisotopic (exact) mass is 443 g/mol. The highest BCUT2D eigenvalue weighted by Gasteiger charge is 2.18. The first kappa shape index (κ1) is 24.2. The zero-order valence-electron chi connectivity index (χ0n) is 21.1. The highest BCUT2D eigenvalue weighted by atomic mass is 16.1. The third-order valence-corrected chi connectivity index (χ3v) is 5.97. The van der Waals surface area contributed by atoms with Crippen molar-refractivity contribution in [2.24, 2.45) is 4.99 Å². The lowest BCUT2D eigenvalue weighted by atomic mass is 9.94. The van der Waals surface area contributed by atoms with Crippen LogP contribution in [0.25, 0.3) is 33.1 Å². The van der Waals surface area contributed by atoms with Gasteiger partial charge in [-0.05, 0) is 67.5 Å². The van der Waals surface area contributed by atoms with Crippen LogP contribution in [0, 0.1) is 20.8 Å². The van der Waals surface area contributed by atoms with Crippen LogP contribution < -0.4 is 5.69 Å². The van der Waals surface area contributed by atoms with Gasteiger partial charge in [-0.15, -0.1) is 0 Å². The summed E-state index contributed by atoms with van der Waals surface area (Å²) in [4.78, 5) is 20.6. The normalized spacial score (nSPS) is 12.6. The van der Waals surface area contributed by atoms with Crippen molar-refractivity contribution in [1.82, 2.24) is 9.55 Å². The quantitative estimate of drug-likeness (QED) is 0.341. The highest BCUT2D eigenvalue weighted by Crippen LogP contribution is 2.33. The van der Waals surface area contributed by atoms with Gasteiger partial charge < -0.3 is 4.98 Å². The van der Waals surface area contributed by atoms with Gasteiger partial charge in [0.2, 0.25) is 0 Å². The Kier molecular flexibility index (Phi) is 7.37. The maximum atomic E-state index is 13.0. The van der Waals surface area contributed by atoms with Crippen molar-refractivity contribution in [3.05, 3.63) is 81.3 Å². The van der Waals surface area contributed by atoms with Gasteiger partial charge in [0.05, 0.1) is 23.3 Å². The SMILES string of the molecule is CC.CC.CC1=NCC=C1c1cc2c(ccc3[nH]c(=O)n(-c4c(C)cccc4C)c32)cc1C.[HH]. The molecule has 0 aliphatic carbocycles. The van der Waals surface area contributed by atoms with Crippen LogP contribution in [0.3, 0.4) is 0 Å². The summed E-state index contributed by atoms with van der Waals surface area (Å²) in [6.07, 6.45) is 2.18. The average molecular weight is 444 g/mol. The van der Waals surface area contributed by atoms with Gasteiger partial charge in [0.1, 0.15) is 0 Å². The molecule has 1 aliphatic rings. The van der Waals surface area contributed by atoms with Crippen molar-refractivity contribution >= 4 is 33.1 Å². The smallest absolute Gasteiger partial charge is 0.305 e. The second kappa shape index (κ2) is 10.0. The molecule has 0 atom stereocenters. The molecule has 2 heterocycles. The van der Waals surface area contributed by atoms with Crippen molar-refractivity contribution in [2.45, 2.75) is 55.4 Å². The van der Waals surface area contributed by atoms with E-state index in [4.69, 9.17) is 0 Å². The molecule has 0 radical (unpaired) electrons. The van der Waals surface area contributed by atoms with Crippen LogP contribution in [0.1, 0.15) is 58.3 Å². The van der Waals surface area contributed by atoms with E-state index < -0.39 is 0 Å². The Balaban J connectivity index is 0.000000777. The predicted octanol–water partition coefficient (Wildman–Crippen LogP) is 7.55. The Morgan fingerprint density at radius 2 is 1.58 bits per heavy atom. The van der Waals surface area contributed by atoms with Gasteiger partial charge in [0, 0.05) is 18.1 Å². The third kappa shape index (κ3) is 4.18. The van der Waals surface area contributed by atoms with E-state index >= 15 is 0 Å².